The molecule has 0 radical (unpaired) electrons. The van der Waals surface area contributed by atoms with E-state index in [9.17, 15) is 28.4 Å². The molecule has 30 heteroatoms. The van der Waals surface area contributed by atoms with Crippen LogP contribution < -0.4 is 28.4 Å². The zero-order valence-corrected chi connectivity index (χ0v) is 70.9. The number of pyridine rings is 3. The van der Waals surface area contributed by atoms with Crippen LogP contribution in [0.4, 0.5) is 4.39 Å². The number of methoxy groups -OCH3 is 1. The third-order valence-electron chi connectivity index (χ3n) is 22.1. The molecule has 0 N–H and O–H groups in total. The van der Waals surface area contributed by atoms with Gasteiger partial charge in [0.25, 0.3) is 23.6 Å². The van der Waals surface area contributed by atoms with Crippen LogP contribution in [0.15, 0.2) is 261 Å². The highest BCUT2D eigenvalue weighted by molar-refractivity contribution is 5.96. The molecule has 648 valence electrons. The van der Waals surface area contributed by atoms with Crippen LogP contribution in [0.5, 0.6) is 35.3 Å². The molecule has 0 bridgehead atoms. The zero-order valence-electron chi connectivity index (χ0n) is 70.9. The Labute approximate surface area is 734 Å². The van der Waals surface area contributed by atoms with Crippen LogP contribution >= 0.6 is 0 Å². The first-order valence-corrected chi connectivity index (χ1v) is 42.3. The molecule has 1 fully saturated rings. The van der Waals surface area contributed by atoms with Crippen molar-refractivity contribution in [3.63, 3.8) is 0 Å². The number of aromatic nitrogens is 13. The second kappa shape index (κ2) is 40.9. The highest BCUT2D eigenvalue weighted by Crippen LogP contribution is 2.33. The van der Waals surface area contributed by atoms with Gasteiger partial charge < -0.3 is 52.9 Å². The predicted octanol–water partition coefficient (Wildman–Crippen LogP) is 13.6. The van der Waals surface area contributed by atoms with E-state index in [1.807, 2.05) is 270 Å². The van der Waals surface area contributed by atoms with Crippen LogP contribution in [0.3, 0.4) is 0 Å². The Hall–Kier alpha value is -15.1. The van der Waals surface area contributed by atoms with Gasteiger partial charge in [-0.1, -0.05) is 170 Å². The molecule has 29 nitrogen and oxygen atoms in total. The summed E-state index contributed by atoms with van der Waals surface area (Å²) in [6.07, 6.45) is 6.71. The van der Waals surface area contributed by atoms with E-state index in [-0.39, 0.29) is 29.3 Å². The molecule has 5 aliphatic heterocycles. The van der Waals surface area contributed by atoms with Crippen LogP contribution in [0.2, 0.25) is 0 Å². The first-order valence-electron chi connectivity index (χ1n) is 42.3. The fourth-order valence-electron chi connectivity index (χ4n) is 14.9. The number of hydrogen-bond acceptors (Lipinski definition) is 19. The summed E-state index contributed by atoms with van der Waals surface area (Å²) in [5.41, 5.74) is 14.0. The van der Waals surface area contributed by atoms with Gasteiger partial charge in [-0.05, 0) is 96.5 Å². The Morgan fingerprint density at radius 2 is 0.669 bits per heavy atom. The van der Waals surface area contributed by atoms with Gasteiger partial charge >= 0.3 is 0 Å². The minimum Gasteiger partial charge on any atom is -0.481 e. The van der Waals surface area contributed by atoms with E-state index in [4.69, 9.17) is 28.4 Å². The molecule has 6 aliphatic rings. The summed E-state index contributed by atoms with van der Waals surface area (Å²) in [7, 11) is 1.55. The second-order valence-corrected chi connectivity index (χ2v) is 31.2. The summed E-state index contributed by atoms with van der Waals surface area (Å²) in [5.74, 6) is 3.00. The summed E-state index contributed by atoms with van der Waals surface area (Å²) < 4.78 is 57.3. The number of halogens is 1. The third-order valence-corrected chi connectivity index (χ3v) is 22.1. The molecule has 13 heterocycles. The molecule has 5 amide bonds. The van der Waals surface area contributed by atoms with Crippen molar-refractivity contribution < 1.29 is 56.8 Å². The van der Waals surface area contributed by atoms with Gasteiger partial charge in [0.05, 0.1) is 112 Å². The van der Waals surface area contributed by atoms with Crippen molar-refractivity contribution in [2.75, 3.05) is 39.8 Å². The molecular formula is C97H97FN18O11. The van der Waals surface area contributed by atoms with Crippen LogP contribution in [0, 0.1) is 25.6 Å². The minimum absolute atomic E-state index is 0.00305. The average Bonchev–Trinajstić information content (AvgIpc) is 1.72. The highest BCUT2D eigenvalue weighted by Gasteiger charge is 2.36. The van der Waals surface area contributed by atoms with Gasteiger partial charge in [0.1, 0.15) is 33.0 Å². The Kier molecular flexibility index (Phi) is 27.5. The first-order chi connectivity index (χ1) is 62.1. The Morgan fingerprint density at radius 3 is 1.00 bits per heavy atom. The molecule has 1 saturated carbocycles. The Balaban J connectivity index is 0.000000117. The third kappa shape index (κ3) is 22.5. The fraction of sp³-hybridized carbons (Fsp3) is 0.268. The highest BCUT2D eigenvalue weighted by atomic mass is 19.1. The number of hydrogen-bond donors (Lipinski definition) is 0. The molecule has 20 rings (SSSR count). The Morgan fingerprint density at radius 1 is 0.339 bits per heavy atom. The van der Waals surface area contributed by atoms with Gasteiger partial charge in [0.15, 0.2) is 11.5 Å². The molecular weight excluding hydrogens is 1610 g/mol. The van der Waals surface area contributed by atoms with E-state index in [0.717, 1.165) is 99.0 Å². The van der Waals surface area contributed by atoms with Crippen molar-refractivity contribution in [2.45, 2.75) is 125 Å². The first kappa shape index (κ1) is 85.5. The number of amides is 5. The number of nitrogens with zero attached hydrogens (tertiary/aromatic N) is 18. The Bertz CT molecular complexity index is 5900. The van der Waals surface area contributed by atoms with Crippen LogP contribution in [0.1, 0.15) is 122 Å². The number of rotatable bonds is 21. The van der Waals surface area contributed by atoms with Gasteiger partial charge in [-0.2, -0.15) is 0 Å². The van der Waals surface area contributed by atoms with Gasteiger partial charge in [-0.25, -0.2) is 14.4 Å². The van der Waals surface area contributed by atoms with E-state index in [0.29, 0.717) is 170 Å². The number of fused-ring (bicyclic) bond motifs is 5. The SMILES string of the molecule is COc1ccc(C(=O)N2CCn3nc(OCc4ccccc4)cc3C2)cn1.Cc1ccc(C(=O)N2CCn3nc(OCc4ccccc4)cc3C2)cn1.Cc1ccccc1C(=O)N1CCn2nc(OCc3ccccc3)cc2C1.O=C(C1CC1)N1CCn2nc(OCc3ccccc3)cc2C1.O=C(c1ncccc1F)N1CCn2nc(OCc3ccccc3)cc2C1. The largest absolute Gasteiger partial charge is 0.481 e. The lowest BCUT2D eigenvalue weighted by atomic mass is 10.1. The van der Waals surface area contributed by atoms with E-state index in [2.05, 4.69) is 40.4 Å². The topological polar surface area (TPSA) is 285 Å². The summed E-state index contributed by atoms with van der Waals surface area (Å²) >= 11 is 0. The van der Waals surface area contributed by atoms with E-state index < -0.39 is 11.7 Å². The zero-order chi connectivity index (χ0) is 87.4. The molecule has 0 unspecified atom stereocenters. The molecule has 1 aliphatic carbocycles. The van der Waals surface area contributed by atoms with Crippen molar-refractivity contribution in [3.8, 4) is 35.3 Å². The van der Waals surface area contributed by atoms with Gasteiger partial charge in [-0.3, -0.25) is 52.4 Å². The van der Waals surface area contributed by atoms with Gasteiger partial charge in [0.2, 0.25) is 41.2 Å². The number of carbonyl (C=O) groups is 5. The molecule has 14 aromatic rings. The number of ether oxygens (including phenoxy) is 6. The monoisotopic (exact) mass is 1710 g/mol. The van der Waals surface area contributed by atoms with Crippen LogP contribution in [-0.2, 0) is 103 Å². The summed E-state index contributed by atoms with van der Waals surface area (Å²) in [6.45, 7) is 15.2. The lowest BCUT2D eigenvalue weighted by Crippen LogP contribution is -2.39. The maximum Gasteiger partial charge on any atom is 0.275 e. The van der Waals surface area contributed by atoms with E-state index >= 15 is 0 Å². The lowest BCUT2D eigenvalue weighted by Gasteiger charge is -2.28. The fourth-order valence-corrected chi connectivity index (χ4v) is 14.9. The van der Waals surface area contributed by atoms with Gasteiger partial charge in [-0.15, -0.1) is 25.5 Å². The number of aryl methyl sites for hydroxylation is 2. The minimum atomic E-state index is -0.608. The second-order valence-electron chi connectivity index (χ2n) is 31.2. The quantitative estimate of drug-likeness (QED) is 0.0646. The van der Waals surface area contributed by atoms with Crippen molar-refractivity contribution >= 4 is 29.5 Å². The molecule has 0 atom stereocenters. The molecule has 0 saturated heterocycles. The summed E-state index contributed by atoms with van der Waals surface area (Å²) in [4.78, 5) is 84.1. The molecule has 6 aromatic carbocycles. The van der Waals surface area contributed by atoms with E-state index in [1.54, 1.807) is 41.4 Å². The summed E-state index contributed by atoms with van der Waals surface area (Å²) in [6, 6.07) is 76.9. The summed E-state index contributed by atoms with van der Waals surface area (Å²) in [5, 5.41) is 22.4. The molecule has 8 aromatic heterocycles. The maximum absolute atomic E-state index is 13.8. The van der Waals surface area contributed by atoms with Crippen molar-refractivity contribution in [3.05, 3.63) is 357 Å². The predicted molar refractivity (Wildman–Crippen MR) is 467 cm³/mol. The molecule has 0 spiro atoms. The van der Waals surface area contributed by atoms with Crippen molar-refractivity contribution in [2.24, 2.45) is 5.92 Å². The van der Waals surface area contributed by atoms with Crippen molar-refractivity contribution in [1.82, 2.24) is 88.4 Å². The standard InChI is InChI=1S/C21H21N3O2.C20H20N4O3.C20H20N4O2.C19H17FN4O2.C17H19N3O2/c1-16-7-5-6-10-19(16)21(25)23-11-12-24-18(14-23)13-20(22-24)26-15-17-8-3-2-4-9-17;1-26-18-8-7-16(12-21-18)20(25)23-9-10-24-17(13-23)11-19(22-24)27-14-15-5-3-2-4-6-15;1-15-7-8-17(12-21-15)20(25)23-9-10-24-18(13-23)11-19(22-24)26-14-16-5-3-2-4-6-16;20-16-7-4-8-21-18(16)19(25)23-9-10-24-15(12-23)11-17(22-24)26-13-14-5-2-1-3-6-14;21-17(14-6-7-14)19-8-9-20-15(11-19)10-16(18-20)22-12-13-4-2-1-3-5-13/h2-10,13H,11-12,14-15H2,1H3;2-8,11-12H,9-10,13-14H2,1H3;2-8,11-12H,9-10,13-14H2,1H3;1-8,11H,9-10,12-13H2;1-5,10,14H,6-9,11-12H2. The average molecular weight is 1710 g/mol. The molecule has 127 heavy (non-hydrogen) atoms. The number of benzene rings is 6. The lowest BCUT2D eigenvalue weighted by molar-refractivity contribution is -0.134. The normalized spacial score (nSPS) is 14.0. The van der Waals surface area contributed by atoms with Crippen LogP contribution in [-0.4, -0.2) is 158 Å². The smallest absolute Gasteiger partial charge is 0.275 e. The van der Waals surface area contributed by atoms with Crippen molar-refractivity contribution in [1.29, 1.82) is 0 Å². The van der Waals surface area contributed by atoms with Gasteiger partial charge in [0, 0.05) is 105 Å². The van der Waals surface area contributed by atoms with E-state index in [1.165, 1.54) is 18.3 Å². The number of carbonyl (C=O) groups excluding carboxylic acids is 5. The maximum atomic E-state index is 13.8. The van der Waals surface area contributed by atoms with Crippen LogP contribution in [0.25, 0.3) is 0 Å².